The number of thiophene rings is 1. The van der Waals surface area contributed by atoms with Crippen LogP contribution in [0.25, 0.3) is 10.9 Å². The lowest BCUT2D eigenvalue weighted by Crippen LogP contribution is -2.20. The van der Waals surface area contributed by atoms with Gasteiger partial charge >= 0.3 is 0 Å². The Kier molecular flexibility index (Phi) is 5.27. The van der Waals surface area contributed by atoms with Crippen LogP contribution >= 0.6 is 11.3 Å². The number of hydrogen-bond donors (Lipinski definition) is 1. The molecule has 5 nitrogen and oxygen atoms in total. The van der Waals surface area contributed by atoms with Crippen LogP contribution in [0.2, 0.25) is 0 Å². The molecule has 0 saturated heterocycles. The summed E-state index contributed by atoms with van der Waals surface area (Å²) in [4.78, 5) is 17.8. The number of para-hydroxylation sites is 1. The molecule has 0 bridgehead atoms. The zero-order valence-electron chi connectivity index (χ0n) is 13.9. The number of nitrogens with zero attached hydrogens (tertiary/aromatic N) is 2. The number of rotatable bonds is 7. The molecule has 0 spiro atoms. The highest BCUT2D eigenvalue weighted by Crippen LogP contribution is 2.30. The minimum absolute atomic E-state index is 0.0551. The van der Waals surface area contributed by atoms with E-state index in [1.807, 2.05) is 18.2 Å². The SMILES string of the molecule is CCNCC[C@@H](Oc1cccc2c(=O)n(C)cnc12)c1cccs1. The van der Waals surface area contributed by atoms with E-state index in [1.54, 1.807) is 24.5 Å². The predicted molar refractivity (Wildman–Crippen MR) is 97.8 cm³/mol. The Morgan fingerprint density at radius 3 is 2.96 bits per heavy atom. The molecule has 1 atom stereocenters. The van der Waals surface area contributed by atoms with E-state index in [-0.39, 0.29) is 11.7 Å². The van der Waals surface area contributed by atoms with E-state index < -0.39 is 0 Å². The molecule has 6 heteroatoms. The summed E-state index contributed by atoms with van der Waals surface area (Å²) in [6.07, 6.45) is 2.34. The largest absolute Gasteiger partial charge is 0.483 e. The number of fused-ring (bicyclic) bond motifs is 1. The summed E-state index contributed by atoms with van der Waals surface area (Å²) >= 11 is 1.68. The Labute approximate surface area is 144 Å². The van der Waals surface area contributed by atoms with Crippen molar-refractivity contribution in [3.8, 4) is 5.75 Å². The van der Waals surface area contributed by atoms with Crippen molar-refractivity contribution < 1.29 is 4.74 Å². The first-order valence-electron chi connectivity index (χ1n) is 8.06. The molecule has 1 aromatic carbocycles. The molecule has 126 valence electrons. The Morgan fingerprint density at radius 2 is 2.21 bits per heavy atom. The number of ether oxygens (including phenoxy) is 1. The van der Waals surface area contributed by atoms with Crippen molar-refractivity contribution in [3.63, 3.8) is 0 Å². The first-order chi connectivity index (χ1) is 11.7. The topological polar surface area (TPSA) is 56.1 Å². The third-order valence-corrected chi connectivity index (χ3v) is 4.84. The van der Waals surface area contributed by atoms with Gasteiger partial charge in [-0.15, -0.1) is 11.3 Å². The van der Waals surface area contributed by atoms with Crippen molar-refractivity contribution in [3.05, 3.63) is 57.3 Å². The van der Waals surface area contributed by atoms with E-state index in [4.69, 9.17) is 4.74 Å². The molecule has 2 heterocycles. The number of aromatic nitrogens is 2. The summed E-state index contributed by atoms with van der Waals surface area (Å²) in [6.45, 7) is 3.90. The third-order valence-electron chi connectivity index (χ3n) is 3.87. The van der Waals surface area contributed by atoms with E-state index in [9.17, 15) is 4.79 Å². The second kappa shape index (κ2) is 7.59. The van der Waals surface area contributed by atoms with Gasteiger partial charge in [0, 0.05) is 18.3 Å². The monoisotopic (exact) mass is 343 g/mol. The van der Waals surface area contributed by atoms with Gasteiger partial charge in [-0.05, 0) is 36.7 Å². The van der Waals surface area contributed by atoms with Gasteiger partial charge < -0.3 is 14.6 Å². The van der Waals surface area contributed by atoms with Gasteiger partial charge in [0.2, 0.25) is 0 Å². The summed E-state index contributed by atoms with van der Waals surface area (Å²) in [6, 6.07) is 9.62. The van der Waals surface area contributed by atoms with E-state index in [1.165, 1.54) is 15.8 Å². The van der Waals surface area contributed by atoms with Gasteiger partial charge in [0.05, 0.1) is 11.7 Å². The van der Waals surface area contributed by atoms with E-state index >= 15 is 0 Å². The van der Waals surface area contributed by atoms with Crippen LogP contribution in [-0.2, 0) is 7.05 Å². The fraction of sp³-hybridized carbons (Fsp3) is 0.333. The van der Waals surface area contributed by atoms with Crippen molar-refractivity contribution >= 4 is 22.2 Å². The standard InChI is InChI=1S/C18H21N3O2S/c1-3-19-10-9-14(16-8-5-11-24-16)23-15-7-4-6-13-17(15)20-12-21(2)18(13)22/h4-8,11-12,14,19H,3,9-10H2,1-2H3/t14-/m1/s1. The van der Waals surface area contributed by atoms with Gasteiger partial charge in [-0.25, -0.2) is 4.98 Å². The van der Waals surface area contributed by atoms with Gasteiger partial charge in [-0.1, -0.05) is 19.1 Å². The van der Waals surface area contributed by atoms with Gasteiger partial charge in [-0.2, -0.15) is 0 Å². The lowest BCUT2D eigenvalue weighted by molar-refractivity contribution is 0.200. The van der Waals surface area contributed by atoms with Gasteiger partial charge in [0.15, 0.2) is 0 Å². The second-order valence-electron chi connectivity index (χ2n) is 5.58. The third kappa shape index (κ3) is 3.49. The van der Waals surface area contributed by atoms with Crippen molar-refractivity contribution in [2.75, 3.05) is 13.1 Å². The molecule has 0 aliphatic rings. The summed E-state index contributed by atoms with van der Waals surface area (Å²) in [5.41, 5.74) is 0.552. The maximum atomic E-state index is 12.3. The molecular formula is C18H21N3O2S. The Balaban J connectivity index is 1.93. The number of aryl methyl sites for hydroxylation is 1. The molecule has 3 rings (SSSR count). The highest BCUT2D eigenvalue weighted by Gasteiger charge is 2.17. The maximum Gasteiger partial charge on any atom is 0.261 e. The zero-order chi connectivity index (χ0) is 16.9. The second-order valence-corrected chi connectivity index (χ2v) is 6.56. The molecule has 3 aromatic rings. The fourth-order valence-electron chi connectivity index (χ4n) is 2.61. The molecule has 0 aliphatic carbocycles. The highest BCUT2D eigenvalue weighted by atomic mass is 32.1. The minimum atomic E-state index is -0.0641. The summed E-state index contributed by atoms with van der Waals surface area (Å²) in [5.74, 6) is 0.653. The maximum absolute atomic E-state index is 12.3. The minimum Gasteiger partial charge on any atom is -0.483 e. The number of benzene rings is 1. The Bertz CT molecular complexity index is 858. The molecule has 0 saturated carbocycles. The first kappa shape index (κ1) is 16.7. The van der Waals surface area contributed by atoms with Crippen LogP contribution in [0.1, 0.15) is 24.3 Å². The van der Waals surface area contributed by atoms with Crippen LogP contribution < -0.4 is 15.6 Å². The van der Waals surface area contributed by atoms with Crippen molar-refractivity contribution in [1.82, 2.24) is 14.9 Å². The Hall–Kier alpha value is -2.18. The highest BCUT2D eigenvalue weighted by molar-refractivity contribution is 7.10. The van der Waals surface area contributed by atoms with Gasteiger partial charge in [0.1, 0.15) is 17.4 Å². The summed E-state index contributed by atoms with van der Waals surface area (Å²) in [5, 5.41) is 5.97. The molecule has 0 radical (unpaired) electrons. The predicted octanol–water partition coefficient (Wildman–Crippen LogP) is 3.11. The normalized spacial score (nSPS) is 12.4. The van der Waals surface area contributed by atoms with E-state index in [0.29, 0.717) is 16.7 Å². The molecular weight excluding hydrogens is 322 g/mol. The van der Waals surface area contributed by atoms with Crippen molar-refractivity contribution in [2.45, 2.75) is 19.4 Å². The van der Waals surface area contributed by atoms with Crippen LogP contribution in [0, 0.1) is 0 Å². The molecule has 0 fully saturated rings. The van der Waals surface area contributed by atoms with Crippen LogP contribution in [0.5, 0.6) is 5.75 Å². The van der Waals surface area contributed by atoms with Crippen molar-refractivity contribution in [1.29, 1.82) is 0 Å². The molecule has 1 N–H and O–H groups in total. The van der Waals surface area contributed by atoms with Crippen LogP contribution in [-0.4, -0.2) is 22.6 Å². The summed E-state index contributed by atoms with van der Waals surface area (Å²) in [7, 11) is 1.70. The molecule has 2 aromatic heterocycles. The smallest absolute Gasteiger partial charge is 0.261 e. The quantitative estimate of drug-likeness (QED) is 0.670. The molecule has 0 unspecified atom stereocenters. The van der Waals surface area contributed by atoms with E-state index in [0.717, 1.165) is 19.5 Å². The Morgan fingerprint density at radius 1 is 1.33 bits per heavy atom. The number of hydrogen-bond acceptors (Lipinski definition) is 5. The molecule has 0 aliphatic heterocycles. The molecule has 24 heavy (non-hydrogen) atoms. The van der Waals surface area contributed by atoms with Crippen LogP contribution in [0.4, 0.5) is 0 Å². The molecule has 0 amide bonds. The zero-order valence-corrected chi connectivity index (χ0v) is 14.7. The fourth-order valence-corrected chi connectivity index (χ4v) is 3.40. The lowest BCUT2D eigenvalue weighted by atomic mass is 10.2. The average molecular weight is 343 g/mol. The van der Waals surface area contributed by atoms with Gasteiger partial charge in [0.25, 0.3) is 5.56 Å². The average Bonchev–Trinajstić information content (AvgIpc) is 3.12. The van der Waals surface area contributed by atoms with Crippen LogP contribution in [0.3, 0.4) is 0 Å². The van der Waals surface area contributed by atoms with Crippen LogP contribution in [0.15, 0.2) is 46.8 Å². The van der Waals surface area contributed by atoms with Crippen molar-refractivity contribution in [2.24, 2.45) is 7.05 Å². The first-order valence-corrected chi connectivity index (χ1v) is 8.93. The lowest BCUT2D eigenvalue weighted by Gasteiger charge is -2.19. The van der Waals surface area contributed by atoms with Gasteiger partial charge in [-0.3, -0.25) is 4.79 Å². The van der Waals surface area contributed by atoms with E-state index in [2.05, 4.69) is 28.7 Å². The summed E-state index contributed by atoms with van der Waals surface area (Å²) < 4.78 is 7.75. The number of nitrogens with one attached hydrogen (secondary N) is 1.